The first-order valence-electron chi connectivity index (χ1n) is 8.69. The summed E-state index contributed by atoms with van der Waals surface area (Å²) in [5.41, 5.74) is 0.736. The number of benzene rings is 1. The van der Waals surface area contributed by atoms with Crippen molar-refractivity contribution in [1.82, 2.24) is 10.2 Å². The van der Waals surface area contributed by atoms with Crippen LogP contribution in [0.25, 0.3) is 0 Å². The highest BCUT2D eigenvalue weighted by Gasteiger charge is 2.24. The van der Waals surface area contributed by atoms with Gasteiger partial charge in [0.2, 0.25) is 11.8 Å². The van der Waals surface area contributed by atoms with Crippen molar-refractivity contribution in [3.63, 3.8) is 0 Å². The fraction of sp³-hybridized carbons (Fsp3) is 0.500. The summed E-state index contributed by atoms with van der Waals surface area (Å²) < 4.78 is 4.99. The average molecular weight is 379 g/mol. The molecular weight excluding hydrogens is 354 g/mol. The zero-order valence-electron chi connectivity index (χ0n) is 15.1. The summed E-state index contributed by atoms with van der Waals surface area (Å²) >= 11 is 1.45. The predicted molar refractivity (Wildman–Crippen MR) is 101 cm³/mol. The predicted octanol–water partition coefficient (Wildman–Crippen LogP) is 2.47. The lowest BCUT2D eigenvalue weighted by Gasteiger charge is -2.31. The van der Waals surface area contributed by atoms with E-state index in [0.717, 1.165) is 23.4 Å². The number of likely N-dealkylation sites (tertiary alicyclic amines) is 1. The van der Waals surface area contributed by atoms with Gasteiger partial charge in [-0.05, 0) is 44.0 Å². The molecule has 2 N–H and O–H groups in total. The number of ether oxygens (including phenoxy) is 1. The Balaban J connectivity index is 1.69. The smallest absolute Gasteiger partial charge is 0.409 e. The monoisotopic (exact) mass is 379 g/mol. The van der Waals surface area contributed by atoms with Crippen LogP contribution in [0, 0.1) is 0 Å². The molecule has 26 heavy (non-hydrogen) atoms. The zero-order chi connectivity index (χ0) is 18.9. The highest BCUT2D eigenvalue weighted by Crippen LogP contribution is 2.20. The van der Waals surface area contributed by atoms with Gasteiger partial charge >= 0.3 is 6.09 Å². The molecule has 0 spiro atoms. The van der Waals surface area contributed by atoms with Crippen LogP contribution in [0.4, 0.5) is 10.5 Å². The van der Waals surface area contributed by atoms with Crippen molar-refractivity contribution < 1.29 is 19.1 Å². The number of nitrogens with one attached hydrogen (secondary N) is 2. The lowest BCUT2D eigenvalue weighted by molar-refractivity contribution is -0.119. The van der Waals surface area contributed by atoms with E-state index in [1.807, 2.05) is 24.3 Å². The van der Waals surface area contributed by atoms with Gasteiger partial charge in [0.1, 0.15) is 0 Å². The number of carbonyl (C=O) groups is 3. The third-order valence-electron chi connectivity index (χ3n) is 3.93. The highest BCUT2D eigenvalue weighted by atomic mass is 32.2. The fourth-order valence-electron chi connectivity index (χ4n) is 2.68. The van der Waals surface area contributed by atoms with Crippen molar-refractivity contribution in [2.75, 3.05) is 30.8 Å². The van der Waals surface area contributed by atoms with E-state index >= 15 is 0 Å². The maximum Gasteiger partial charge on any atom is 0.409 e. The zero-order valence-corrected chi connectivity index (χ0v) is 15.9. The molecule has 1 aliphatic rings. The van der Waals surface area contributed by atoms with Gasteiger partial charge in [0.25, 0.3) is 0 Å². The van der Waals surface area contributed by atoms with E-state index < -0.39 is 0 Å². The molecule has 1 fully saturated rings. The van der Waals surface area contributed by atoms with Gasteiger partial charge in [-0.25, -0.2) is 4.79 Å². The van der Waals surface area contributed by atoms with Crippen LogP contribution in [0.15, 0.2) is 29.2 Å². The second kappa shape index (κ2) is 10.1. The molecule has 0 atom stereocenters. The first kappa shape index (κ1) is 20.1. The van der Waals surface area contributed by atoms with Crippen LogP contribution in [0.3, 0.4) is 0 Å². The number of anilines is 1. The number of amides is 3. The molecule has 8 heteroatoms. The van der Waals surface area contributed by atoms with Crippen molar-refractivity contribution in [3.8, 4) is 0 Å². The summed E-state index contributed by atoms with van der Waals surface area (Å²) in [5, 5.41) is 5.73. The van der Waals surface area contributed by atoms with Crippen molar-refractivity contribution in [1.29, 1.82) is 0 Å². The number of hydrogen-bond donors (Lipinski definition) is 2. The summed E-state index contributed by atoms with van der Waals surface area (Å²) in [5.74, 6) is 0.201. The van der Waals surface area contributed by atoms with E-state index in [-0.39, 0.29) is 23.9 Å². The second-order valence-corrected chi connectivity index (χ2v) is 7.07. The summed E-state index contributed by atoms with van der Waals surface area (Å²) in [7, 11) is 0. The standard InChI is InChI=1S/C18H25N3O4S/c1-3-25-18(24)21-10-8-15(9-11-21)20-17(23)12-26-16-6-4-14(5-7-16)19-13(2)22/h4-7,15H,3,8-12H2,1-2H3,(H,19,22)(H,20,23). The highest BCUT2D eigenvalue weighted by molar-refractivity contribution is 8.00. The maximum absolute atomic E-state index is 12.1. The summed E-state index contributed by atoms with van der Waals surface area (Å²) in [6.45, 7) is 4.82. The lowest BCUT2D eigenvalue weighted by atomic mass is 10.1. The Morgan fingerprint density at radius 1 is 1.19 bits per heavy atom. The van der Waals surface area contributed by atoms with Crippen molar-refractivity contribution >= 4 is 35.4 Å². The molecule has 1 saturated heterocycles. The van der Waals surface area contributed by atoms with Crippen LogP contribution in [0.5, 0.6) is 0 Å². The van der Waals surface area contributed by atoms with Crippen molar-refractivity contribution in [3.05, 3.63) is 24.3 Å². The van der Waals surface area contributed by atoms with Gasteiger partial charge in [0.15, 0.2) is 0 Å². The Labute approximate surface area is 157 Å². The van der Waals surface area contributed by atoms with Crippen molar-refractivity contribution in [2.45, 2.75) is 37.6 Å². The number of thioether (sulfide) groups is 1. The molecule has 142 valence electrons. The van der Waals surface area contributed by atoms with E-state index in [1.165, 1.54) is 18.7 Å². The molecule has 0 aliphatic carbocycles. The molecule has 1 aromatic carbocycles. The SMILES string of the molecule is CCOC(=O)N1CCC(NC(=O)CSc2ccc(NC(C)=O)cc2)CC1. The molecule has 0 bridgehead atoms. The molecule has 1 aromatic rings. The second-order valence-electron chi connectivity index (χ2n) is 6.02. The molecule has 0 aromatic heterocycles. The lowest BCUT2D eigenvalue weighted by Crippen LogP contribution is -2.47. The van der Waals surface area contributed by atoms with Gasteiger partial charge in [-0.2, -0.15) is 0 Å². The molecule has 0 radical (unpaired) electrons. The van der Waals surface area contributed by atoms with Gasteiger partial charge in [-0.1, -0.05) is 0 Å². The van der Waals surface area contributed by atoms with E-state index in [2.05, 4.69) is 10.6 Å². The first-order valence-corrected chi connectivity index (χ1v) is 9.68. The Morgan fingerprint density at radius 2 is 1.85 bits per heavy atom. The third-order valence-corrected chi connectivity index (χ3v) is 4.94. The number of rotatable bonds is 6. The molecule has 0 unspecified atom stereocenters. The van der Waals surface area contributed by atoms with Gasteiger partial charge in [-0.15, -0.1) is 11.8 Å². The van der Waals surface area contributed by atoms with Crippen LogP contribution in [0.2, 0.25) is 0 Å². The van der Waals surface area contributed by atoms with Gasteiger partial charge in [0.05, 0.1) is 12.4 Å². The average Bonchev–Trinajstić information content (AvgIpc) is 2.61. The van der Waals surface area contributed by atoms with Crippen LogP contribution >= 0.6 is 11.8 Å². The quantitative estimate of drug-likeness (QED) is 0.742. The Morgan fingerprint density at radius 3 is 2.42 bits per heavy atom. The topological polar surface area (TPSA) is 87.7 Å². The van der Waals surface area contributed by atoms with Crippen LogP contribution in [-0.4, -0.2) is 54.3 Å². The van der Waals surface area contributed by atoms with Gasteiger partial charge in [0, 0.05) is 36.6 Å². The number of nitrogens with zero attached hydrogens (tertiary/aromatic N) is 1. The molecule has 7 nitrogen and oxygen atoms in total. The minimum Gasteiger partial charge on any atom is -0.450 e. The number of carbonyl (C=O) groups excluding carboxylic acids is 3. The van der Waals surface area contributed by atoms with Crippen LogP contribution < -0.4 is 10.6 Å². The Hall–Kier alpha value is -2.22. The Kier molecular flexibility index (Phi) is 7.77. The Bertz CT molecular complexity index is 628. The largest absolute Gasteiger partial charge is 0.450 e. The fourth-order valence-corrected chi connectivity index (χ4v) is 3.39. The van der Waals surface area contributed by atoms with Crippen LogP contribution in [-0.2, 0) is 14.3 Å². The first-order chi connectivity index (χ1) is 12.5. The minimum absolute atomic E-state index is 0.0180. The van der Waals surface area contributed by atoms with E-state index in [0.29, 0.717) is 25.4 Å². The summed E-state index contributed by atoms with van der Waals surface area (Å²) in [6.07, 6.45) is 1.19. The summed E-state index contributed by atoms with van der Waals surface area (Å²) in [4.78, 5) is 37.4. The molecule has 3 amide bonds. The third kappa shape index (κ3) is 6.59. The minimum atomic E-state index is -0.282. The van der Waals surface area contributed by atoms with E-state index in [1.54, 1.807) is 11.8 Å². The number of hydrogen-bond acceptors (Lipinski definition) is 5. The van der Waals surface area contributed by atoms with E-state index in [9.17, 15) is 14.4 Å². The normalized spacial score (nSPS) is 14.6. The summed E-state index contributed by atoms with van der Waals surface area (Å²) in [6, 6.07) is 7.47. The molecule has 2 rings (SSSR count). The number of piperidine rings is 1. The molecule has 1 aliphatic heterocycles. The van der Waals surface area contributed by atoms with Gasteiger partial charge in [-0.3, -0.25) is 9.59 Å². The van der Waals surface area contributed by atoms with Crippen LogP contribution in [0.1, 0.15) is 26.7 Å². The molecular formula is C18H25N3O4S. The maximum atomic E-state index is 12.1. The molecule has 0 saturated carbocycles. The van der Waals surface area contributed by atoms with Crippen molar-refractivity contribution in [2.24, 2.45) is 0 Å². The van der Waals surface area contributed by atoms with Gasteiger partial charge < -0.3 is 20.3 Å². The molecule has 1 heterocycles. The van der Waals surface area contributed by atoms with E-state index in [4.69, 9.17) is 4.74 Å².